The van der Waals surface area contributed by atoms with E-state index in [0.29, 0.717) is 19.0 Å². The minimum atomic E-state index is -0.0694. The first kappa shape index (κ1) is 16.4. The molecule has 0 bridgehead atoms. The number of anilines is 2. The lowest BCUT2D eigenvalue weighted by molar-refractivity contribution is 0.232. The van der Waals surface area contributed by atoms with Crippen LogP contribution in [0.2, 0.25) is 0 Å². The van der Waals surface area contributed by atoms with Gasteiger partial charge in [0.05, 0.1) is 18.3 Å². The fraction of sp³-hybridized carbons (Fsp3) is 0.529. The Bertz CT molecular complexity index is 753. The molecule has 0 fully saturated rings. The zero-order chi connectivity index (χ0) is 17.5. The topological polar surface area (TPSA) is 90.0 Å². The number of nitrogens with zero attached hydrogens (tertiary/aromatic N) is 5. The van der Waals surface area contributed by atoms with Crippen molar-refractivity contribution >= 4 is 11.8 Å². The van der Waals surface area contributed by atoms with Crippen LogP contribution in [0.15, 0.2) is 12.3 Å². The zero-order valence-corrected chi connectivity index (χ0v) is 14.9. The molecular weight excluding hydrogens is 304 g/mol. The molecule has 0 saturated heterocycles. The summed E-state index contributed by atoms with van der Waals surface area (Å²) < 4.78 is 5.65. The van der Waals surface area contributed by atoms with Crippen molar-refractivity contribution in [1.82, 2.24) is 19.9 Å². The second kappa shape index (κ2) is 5.89. The first-order valence-electron chi connectivity index (χ1n) is 8.14. The molecule has 1 aliphatic heterocycles. The maximum absolute atomic E-state index is 5.83. The predicted molar refractivity (Wildman–Crippen MR) is 92.8 cm³/mol. The summed E-state index contributed by atoms with van der Waals surface area (Å²) in [6, 6.07) is 1.82. The molecule has 2 aromatic heterocycles. The second-order valence-corrected chi connectivity index (χ2v) is 7.36. The molecule has 0 aromatic carbocycles. The Morgan fingerprint density at radius 3 is 2.58 bits per heavy atom. The lowest BCUT2D eigenvalue weighted by Gasteiger charge is -2.18. The third-order valence-corrected chi connectivity index (χ3v) is 3.71. The molecule has 2 N–H and O–H groups in total. The Balaban J connectivity index is 1.86. The molecule has 0 atom stereocenters. The van der Waals surface area contributed by atoms with E-state index in [0.717, 1.165) is 22.9 Å². The molecule has 0 radical (unpaired) electrons. The third-order valence-electron chi connectivity index (χ3n) is 3.71. The highest BCUT2D eigenvalue weighted by molar-refractivity contribution is 5.49. The summed E-state index contributed by atoms with van der Waals surface area (Å²) in [5, 5.41) is 0. The molecule has 3 rings (SSSR count). The third kappa shape index (κ3) is 3.39. The minimum absolute atomic E-state index is 0.0307. The molecule has 2 aromatic rings. The van der Waals surface area contributed by atoms with Crippen LogP contribution < -0.4 is 15.4 Å². The first-order valence-corrected chi connectivity index (χ1v) is 8.14. The lowest BCUT2D eigenvalue weighted by Crippen LogP contribution is -2.18. The van der Waals surface area contributed by atoms with Crippen molar-refractivity contribution in [1.29, 1.82) is 0 Å². The van der Waals surface area contributed by atoms with Crippen LogP contribution in [0.25, 0.3) is 0 Å². The van der Waals surface area contributed by atoms with Gasteiger partial charge < -0.3 is 15.4 Å². The average molecular weight is 328 g/mol. The smallest absolute Gasteiger partial charge is 0.225 e. The summed E-state index contributed by atoms with van der Waals surface area (Å²) in [4.78, 5) is 19.8. The number of nitrogen functional groups attached to an aromatic ring is 1. The number of hydrogen-bond acceptors (Lipinski definition) is 7. The van der Waals surface area contributed by atoms with E-state index < -0.39 is 0 Å². The quantitative estimate of drug-likeness (QED) is 0.925. The Labute approximate surface area is 142 Å². The van der Waals surface area contributed by atoms with E-state index in [1.807, 2.05) is 26.1 Å². The van der Waals surface area contributed by atoms with Gasteiger partial charge >= 0.3 is 0 Å². The summed E-state index contributed by atoms with van der Waals surface area (Å²) in [7, 11) is 0. The van der Waals surface area contributed by atoms with Gasteiger partial charge in [0.1, 0.15) is 11.6 Å². The van der Waals surface area contributed by atoms with Crippen LogP contribution in [-0.2, 0) is 18.5 Å². The van der Waals surface area contributed by atoms with E-state index in [4.69, 9.17) is 15.5 Å². The van der Waals surface area contributed by atoms with E-state index in [2.05, 4.69) is 40.6 Å². The van der Waals surface area contributed by atoms with Crippen LogP contribution in [0.1, 0.15) is 51.7 Å². The first-order chi connectivity index (χ1) is 11.2. The van der Waals surface area contributed by atoms with Crippen molar-refractivity contribution in [3.8, 4) is 5.88 Å². The maximum atomic E-state index is 5.83. The van der Waals surface area contributed by atoms with E-state index in [9.17, 15) is 0 Å². The lowest BCUT2D eigenvalue weighted by atomic mass is 9.95. The molecule has 7 heteroatoms. The molecular formula is C17H24N6O. The van der Waals surface area contributed by atoms with Crippen molar-refractivity contribution < 1.29 is 4.74 Å². The van der Waals surface area contributed by atoms with Gasteiger partial charge in [-0.25, -0.2) is 9.97 Å². The Hall–Kier alpha value is -2.44. The summed E-state index contributed by atoms with van der Waals surface area (Å²) in [5.74, 6) is 2.30. The molecule has 7 nitrogen and oxygen atoms in total. The fourth-order valence-corrected chi connectivity index (χ4v) is 2.57. The van der Waals surface area contributed by atoms with Crippen molar-refractivity contribution in [3.63, 3.8) is 0 Å². The van der Waals surface area contributed by atoms with Crippen molar-refractivity contribution in [2.75, 3.05) is 10.6 Å². The molecule has 24 heavy (non-hydrogen) atoms. The van der Waals surface area contributed by atoms with Crippen LogP contribution in [-0.4, -0.2) is 26.0 Å². The van der Waals surface area contributed by atoms with Gasteiger partial charge in [-0.05, 0) is 13.8 Å². The molecule has 128 valence electrons. The van der Waals surface area contributed by atoms with Crippen LogP contribution >= 0.6 is 0 Å². The number of ether oxygens (including phenoxy) is 1. The Kier molecular flexibility index (Phi) is 4.03. The molecule has 0 saturated carbocycles. The highest BCUT2D eigenvalue weighted by Crippen LogP contribution is 2.29. The number of aromatic nitrogens is 4. The summed E-state index contributed by atoms with van der Waals surface area (Å²) in [6.07, 6.45) is 1.95. The monoisotopic (exact) mass is 328 g/mol. The normalized spacial score (nSPS) is 14.2. The van der Waals surface area contributed by atoms with Crippen LogP contribution in [0.4, 0.5) is 11.8 Å². The van der Waals surface area contributed by atoms with Gasteiger partial charge in [-0.3, -0.25) is 0 Å². The second-order valence-electron chi connectivity index (χ2n) is 7.36. The largest absolute Gasteiger partial charge is 0.475 e. The number of fused-ring (bicyclic) bond motifs is 1. The van der Waals surface area contributed by atoms with E-state index >= 15 is 0 Å². The highest BCUT2D eigenvalue weighted by atomic mass is 16.5. The molecule has 0 unspecified atom stereocenters. The van der Waals surface area contributed by atoms with Crippen LogP contribution in [0.3, 0.4) is 0 Å². The van der Waals surface area contributed by atoms with Crippen molar-refractivity contribution in [3.05, 3.63) is 29.3 Å². The van der Waals surface area contributed by atoms with Crippen molar-refractivity contribution in [2.45, 2.75) is 59.2 Å². The van der Waals surface area contributed by atoms with E-state index in [1.54, 1.807) is 0 Å². The summed E-state index contributed by atoms with van der Waals surface area (Å²) in [5.41, 5.74) is 7.92. The Morgan fingerprint density at radius 1 is 1.17 bits per heavy atom. The van der Waals surface area contributed by atoms with Crippen molar-refractivity contribution in [2.24, 2.45) is 0 Å². The standard InChI is InChI=1S/C17H24N6O/c1-10(2)24-14-6-13(21-16(18)22-14)23-8-11-7-19-15(17(3,4)5)20-12(11)9-23/h6-7,10H,8-9H2,1-5H3,(H2,18,21,22). The van der Waals surface area contributed by atoms with E-state index in [1.165, 1.54) is 0 Å². The molecule has 1 aliphatic rings. The van der Waals surface area contributed by atoms with E-state index in [-0.39, 0.29) is 17.5 Å². The maximum Gasteiger partial charge on any atom is 0.225 e. The van der Waals surface area contributed by atoms with Crippen LogP contribution in [0.5, 0.6) is 5.88 Å². The van der Waals surface area contributed by atoms with Crippen LogP contribution in [0, 0.1) is 0 Å². The van der Waals surface area contributed by atoms with Gasteiger partial charge in [-0.1, -0.05) is 20.8 Å². The SMILES string of the molecule is CC(C)Oc1cc(N2Cc3cnc(C(C)(C)C)nc3C2)nc(N)n1. The summed E-state index contributed by atoms with van der Waals surface area (Å²) >= 11 is 0. The van der Waals surface area contributed by atoms with Gasteiger partial charge in [-0.2, -0.15) is 9.97 Å². The molecule has 3 heterocycles. The highest BCUT2D eigenvalue weighted by Gasteiger charge is 2.26. The zero-order valence-electron chi connectivity index (χ0n) is 14.9. The van der Waals surface area contributed by atoms with Gasteiger partial charge in [0.15, 0.2) is 0 Å². The molecule has 0 amide bonds. The van der Waals surface area contributed by atoms with Gasteiger partial charge in [0.25, 0.3) is 0 Å². The minimum Gasteiger partial charge on any atom is -0.475 e. The number of nitrogens with two attached hydrogens (primary N) is 1. The molecule has 0 aliphatic carbocycles. The van der Waals surface area contributed by atoms with Gasteiger partial charge in [0, 0.05) is 29.8 Å². The predicted octanol–water partition coefficient (Wildman–Crippen LogP) is 2.45. The summed E-state index contributed by atoms with van der Waals surface area (Å²) in [6.45, 7) is 11.6. The fourth-order valence-electron chi connectivity index (χ4n) is 2.57. The average Bonchev–Trinajstić information content (AvgIpc) is 2.87. The number of rotatable bonds is 3. The van der Waals surface area contributed by atoms with Gasteiger partial charge in [0.2, 0.25) is 11.8 Å². The molecule has 0 spiro atoms. The Morgan fingerprint density at radius 2 is 1.92 bits per heavy atom. The van der Waals surface area contributed by atoms with Gasteiger partial charge in [-0.15, -0.1) is 0 Å². The number of hydrogen-bond donors (Lipinski definition) is 1.